The van der Waals surface area contributed by atoms with Crippen molar-refractivity contribution in [2.24, 2.45) is 0 Å². The fraction of sp³-hybridized carbons (Fsp3) is 0.222. The number of rotatable bonds is 6. The summed E-state index contributed by atoms with van der Waals surface area (Å²) in [6.45, 7) is 6.11. The van der Waals surface area contributed by atoms with Gasteiger partial charge in [-0.3, -0.25) is 0 Å². The second kappa shape index (κ2) is 7.16. The molecule has 0 fully saturated rings. The number of hydrogen-bond acceptors (Lipinski definition) is 1. The first-order valence-electron chi connectivity index (χ1n) is 6.88. The molecule has 0 saturated heterocycles. The third kappa shape index (κ3) is 3.88. The maximum Gasteiger partial charge on any atom is 0.0407 e. The average Bonchev–Trinajstić information content (AvgIpc) is 2.49. The molecule has 0 saturated carbocycles. The third-order valence-corrected chi connectivity index (χ3v) is 3.80. The quantitative estimate of drug-likeness (QED) is 0.691. The van der Waals surface area contributed by atoms with Gasteiger partial charge in [-0.15, -0.1) is 6.58 Å². The van der Waals surface area contributed by atoms with Crippen molar-refractivity contribution in [2.45, 2.75) is 25.3 Å². The van der Waals surface area contributed by atoms with Crippen LogP contribution < -0.4 is 5.32 Å². The van der Waals surface area contributed by atoms with E-state index < -0.39 is 0 Å². The van der Waals surface area contributed by atoms with Crippen molar-refractivity contribution in [1.29, 1.82) is 0 Å². The molecule has 0 unspecified atom stereocenters. The summed E-state index contributed by atoms with van der Waals surface area (Å²) in [6, 6.07) is 18.7. The number of hydrogen-bond donors (Lipinski definition) is 1. The zero-order valence-corrected chi connectivity index (χ0v) is 12.5. The smallest absolute Gasteiger partial charge is 0.0407 e. The van der Waals surface area contributed by atoms with Gasteiger partial charge in [-0.1, -0.05) is 54.9 Å². The van der Waals surface area contributed by atoms with Gasteiger partial charge in [0, 0.05) is 22.7 Å². The summed E-state index contributed by atoms with van der Waals surface area (Å²) < 4.78 is 0. The predicted molar refractivity (Wildman–Crippen MR) is 88.5 cm³/mol. The van der Waals surface area contributed by atoms with E-state index in [1.54, 1.807) is 0 Å². The first-order valence-corrected chi connectivity index (χ1v) is 7.26. The van der Waals surface area contributed by atoms with Gasteiger partial charge in [0.2, 0.25) is 0 Å². The Morgan fingerprint density at radius 3 is 2.35 bits per heavy atom. The van der Waals surface area contributed by atoms with Crippen LogP contribution in [0.3, 0.4) is 0 Å². The molecule has 0 aliphatic heterocycles. The third-order valence-electron chi connectivity index (χ3n) is 3.55. The highest BCUT2D eigenvalue weighted by Gasteiger charge is 2.17. The lowest BCUT2D eigenvalue weighted by Gasteiger charge is -2.25. The van der Waals surface area contributed by atoms with E-state index in [4.69, 9.17) is 11.6 Å². The maximum absolute atomic E-state index is 5.92. The summed E-state index contributed by atoms with van der Waals surface area (Å²) in [5.74, 6) is 0.407. The molecule has 20 heavy (non-hydrogen) atoms. The molecule has 2 atom stereocenters. The van der Waals surface area contributed by atoms with Gasteiger partial charge in [0.25, 0.3) is 0 Å². The molecular formula is C18H20ClN. The minimum absolute atomic E-state index is 0.316. The van der Waals surface area contributed by atoms with Crippen LogP contribution >= 0.6 is 11.6 Å². The largest absolute Gasteiger partial charge is 0.381 e. The molecule has 0 spiro atoms. The Balaban J connectivity index is 2.14. The summed E-state index contributed by atoms with van der Waals surface area (Å²) in [5, 5.41) is 4.33. The van der Waals surface area contributed by atoms with Crippen molar-refractivity contribution < 1.29 is 0 Å². The van der Waals surface area contributed by atoms with E-state index >= 15 is 0 Å². The van der Waals surface area contributed by atoms with Gasteiger partial charge in [-0.05, 0) is 36.2 Å². The fourth-order valence-electron chi connectivity index (χ4n) is 2.32. The summed E-state index contributed by atoms with van der Waals surface area (Å²) in [5.41, 5.74) is 2.42. The molecule has 2 rings (SSSR count). The molecular weight excluding hydrogens is 266 g/mol. The Hall–Kier alpha value is -1.73. The van der Waals surface area contributed by atoms with Gasteiger partial charge in [0.05, 0.1) is 0 Å². The van der Waals surface area contributed by atoms with Crippen LogP contribution in [-0.2, 0) is 0 Å². The molecule has 0 bridgehead atoms. The lowest BCUT2D eigenvalue weighted by atomic mass is 9.91. The molecule has 1 N–H and O–H groups in total. The van der Waals surface area contributed by atoms with Crippen LogP contribution in [0.4, 0.5) is 5.69 Å². The Morgan fingerprint density at radius 2 is 1.75 bits per heavy atom. The fourth-order valence-corrected chi connectivity index (χ4v) is 2.44. The minimum atomic E-state index is 0.316. The Bertz CT molecular complexity index is 533. The molecule has 0 aliphatic carbocycles. The molecule has 2 heteroatoms. The van der Waals surface area contributed by atoms with E-state index in [0.717, 1.165) is 17.1 Å². The van der Waals surface area contributed by atoms with Crippen LogP contribution in [-0.4, -0.2) is 6.04 Å². The molecule has 0 heterocycles. The Kier molecular flexibility index (Phi) is 5.25. The molecule has 1 nitrogen and oxygen atoms in total. The minimum Gasteiger partial charge on any atom is -0.381 e. The lowest BCUT2D eigenvalue weighted by molar-refractivity contribution is 0.610. The molecule has 0 amide bonds. The number of benzene rings is 2. The zero-order valence-electron chi connectivity index (χ0n) is 11.7. The van der Waals surface area contributed by atoms with Crippen molar-refractivity contribution in [3.05, 3.63) is 77.8 Å². The molecule has 104 valence electrons. The van der Waals surface area contributed by atoms with Crippen molar-refractivity contribution >= 4 is 17.3 Å². The van der Waals surface area contributed by atoms with Crippen molar-refractivity contribution in [3.8, 4) is 0 Å². The van der Waals surface area contributed by atoms with Crippen molar-refractivity contribution in [3.63, 3.8) is 0 Å². The second-order valence-corrected chi connectivity index (χ2v) is 5.42. The molecule has 0 aliphatic rings. The molecule has 0 aromatic heterocycles. The van der Waals surface area contributed by atoms with Gasteiger partial charge in [0.15, 0.2) is 0 Å². The van der Waals surface area contributed by atoms with Crippen LogP contribution in [0.1, 0.15) is 24.8 Å². The second-order valence-electron chi connectivity index (χ2n) is 4.98. The Morgan fingerprint density at radius 1 is 1.10 bits per heavy atom. The van der Waals surface area contributed by atoms with E-state index in [0.29, 0.717) is 12.0 Å². The highest BCUT2D eigenvalue weighted by molar-refractivity contribution is 6.30. The maximum atomic E-state index is 5.92. The van der Waals surface area contributed by atoms with Crippen molar-refractivity contribution in [1.82, 2.24) is 0 Å². The van der Waals surface area contributed by atoms with Crippen LogP contribution in [0.15, 0.2) is 67.3 Å². The van der Waals surface area contributed by atoms with Crippen LogP contribution in [0.25, 0.3) is 0 Å². The average molecular weight is 286 g/mol. The number of anilines is 1. The van der Waals surface area contributed by atoms with Gasteiger partial charge in [-0.2, -0.15) is 0 Å². The predicted octanol–water partition coefficient (Wildman–Crippen LogP) is 5.50. The van der Waals surface area contributed by atoms with Gasteiger partial charge < -0.3 is 5.32 Å². The first kappa shape index (κ1) is 14.7. The highest BCUT2D eigenvalue weighted by Crippen LogP contribution is 2.25. The summed E-state index contributed by atoms with van der Waals surface area (Å²) in [4.78, 5) is 0. The molecule has 2 aromatic carbocycles. The van der Waals surface area contributed by atoms with Gasteiger partial charge in [0.1, 0.15) is 0 Å². The van der Waals surface area contributed by atoms with E-state index in [-0.39, 0.29) is 0 Å². The topological polar surface area (TPSA) is 12.0 Å². The number of nitrogens with one attached hydrogen (secondary N) is 1. The molecule has 0 radical (unpaired) electrons. The van der Waals surface area contributed by atoms with Crippen LogP contribution in [0, 0.1) is 0 Å². The lowest BCUT2D eigenvalue weighted by Crippen LogP contribution is -2.25. The summed E-state index contributed by atoms with van der Waals surface area (Å²) >= 11 is 5.92. The summed E-state index contributed by atoms with van der Waals surface area (Å²) in [6.07, 6.45) is 2.88. The SMILES string of the molecule is C=CC[C@@H](Nc1ccc(Cl)cc1)[C@H](C)c1ccccc1. The summed E-state index contributed by atoms with van der Waals surface area (Å²) in [7, 11) is 0. The first-order chi connectivity index (χ1) is 9.70. The van der Waals surface area contributed by atoms with Gasteiger partial charge >= 0.3 is 0 Å². The van der Waals surface area contributed by atoms with E-state index in [9.17, 15) is 0 Å². The van der Waals surface area contributed by atoms with E-state index in [2.05, 4.69) is 43.1 Å². The Labute approximate surface area is 126 Å². The van der Waals surface area contributed by atoms with Crippen LogP contribution in [0.5, 0.6) is 0 Å². The van der Waals surface area contributed by atoms with Crippen molar-refractivity contribution in [2.75, 3.05) is 5.32 Å². The number of halogens is 1. The highest BCUT2D eigenvalue weighted by atomic mass is 35.5. The molecule has 2 aromatic rings. The van der Waals surface area contributed by atoms with Crippen LogP contribution in [0.2, 0.25) is 5.02 Å². The van der Waals surface area contributed by atoms with E-state index in [1.165, 1.54) is 5.56 Å². The van der Waals surface area contributed by atoms with Gasteiger partial charge in [-0.25, -0.2) is 0 Å². The normalized spacial score (nSPS) is 13.5. The zero-order chi connectivity index (χ0) is 14.4. The monoisotopic (exact) mass is 285 g/mol. The van der Waals surface area contributed by atoms with E-state index in [1.807, 2.05) is 36.4 Å². The standard InChI is InChI=1S/C18H20ClN/c1-3-7-18(14(2)15-8-5-4-6-9-15)20-17-12-10-16(19)11-13-17/h3-6,8-14,18,20H,1,7H2,2H3/t14-,18-/m1/s1.